The van der Waals surface area contributed by atoms with Gasteiger partial charge in [0.2, 0.25) is 0 Å². The Morgan fingerprint density at radius 3 is 2.31 bits per heavy atom. The van der Waals surface area contributed by atoms with E-state index in [2.05, 4.69) is 10.3 Å². The van der Waals surface area contributed by atoms with Crippen LogP contribution in [0.4, 0.5) is 10.1 Å². The van der Waals surface area contributed by atoms with Crippen LogP contribution >= 0.6 is 0 Å². The first-order chi connectivity index (χ1) is 12.7. The average molecular weight is 342 g/mol. The number of pyridine rings is 1. The normalized spacial score (nSPS) is 10.7. The van der Waals surface area contributed by atoms with Crippen molar-refractivity contribution in [3.05, 3.63) is 96.3 Å². The van der Waals surface area contributed by atoms with Gasteiger partial charge in [0.05, 0.1) is 11.2 Å². The maximum atomic E-state index is 12.9. The summed E-state index contributed by atoms with van der Waals surface area (Å²) >= 11 is 0. The fraction of sp³-hybridized carbons (Fsp3) is 0. The van der Waals surface area contributed by atoms with Crippen molar-refractivity contribution in [3.63, 3.8) is 0 Å². The largest absolute Gasteiger partial charge is 0.322 e. The molecule has 3 aromatic carbocycles. The topological polar surface area (TPSA) is 42.0 Å². The Bertz CT molecular complexity index is 1070. The molecule has 3 nitrogen and oxygen atoms in total. The fourth-order valence-corrected chi connectivity index (χ4v) is 2.76. The van der Waals surface area contributed by atoms with E-state index in [1.807, 2.05) is 60.7 Å². The van der Waals surface area contributed by atoms with Crippen LogP contribution in [0.2, 0.25) is 0 Å². The number of halogens is 1. The number of aromatic nitrogens is 1. The number of carbonyl (C=O) groups is 1. The summed E-state index contributed by atoms with van der Waals surface area (Å²) in [7, 11) is 0. The van der Waals surface area contributed by atoms with Gasteiger partial charge in [-0.2, -0.15) is 0 Å². The minimum Gasteiger partial charge on any atom is -0.322 e. The summed E-state index contributed by atoms with van der Waals surface area (Å²) in [6.45, 7) is 0. The van der Waals surface area contributed by atoms with Gasteiger partial charge in [-0.3, -0.25) is 4.79 Å². The number of para-hydroxylation sites is 1. The lowest BCUT2D eigenvalue weighted by molar-refractivity contribution is 0.102. The number of rotatable bonds is 3. The van der Waals surface area contributed by atoms with Gasteiger partial charge in [0, 0.05) is 22.2 Å². The molecular formula is C22H15FN2O. The van der Waals surface area contributed by atoms with E-state index < -0.39 is 0 Å². The molecule has 0 bridgehead atoms. The second-order valence-corrected chi connectivity index (χ2v) is 5.93. The van der Waals surface area contributed by atoms with Gasteiger partial charge in [-0.25, -0.2) is 9.37 Å². The number of hydrogen-bond acceptors (Lipinski definition) is 2. The van der Waals surface area contributed by atoms with Gasteiger partial charge >= 0.3 is 0 Å². The minimum atomic E-state index is -0.367. The number of carbonyl (C=O) groups excluding carboxylic acids is 1. The van der Waals surface area contributed by atoms with Gasteiger partial charge in [-0.05, 0) is 48.5 Å². The van der Waals surface area contributed by atoms with Crippen molar-refractivity contribution >= 4 is 22.5 Å². The molecule has 26 heavy (non-hydrogen) atoms. The quantitative estimate of drug-likeness (QED) is 0.549. The molecule has 4 rings (SSSR count). The number of fused-ring (bicyclic) bond motifs is 1. The molecule has 0 saturated heterocycles. The average Bonchev–Trinajstić information content (AvgIpc) is 2.68. The van der Waals surface area contributed by atoms with Crippen molar-refractivity contribution in [1.82, 2.24) is 4.98 Å². The van der Waals surface area contributed by atoms with Crippen molar-refractivity contribution in [2.45, 2.75) is 0 Å². The molecule has 0 fully saturated rings. The van der Waals surface area contributed by atoms with Crippen LogP contribution in [0, 0.1) is 5.82 Å². The summed E-state index contributed by atoms with van der Waals surface area (Å²) in [6.07, 6.45) is 0. The molecule has 0 saturated carbocycles. The highest BCUT2D eigenvalue weighted by atomic mass is 19.1. The van der Waals surface area contributed by atoms with Gasteiger partial charge in [0.25, 0.3) is 5.91 Å². The number of nitrogens with one attached hydrogen (secondary N) is 1. The van der Waals surface area contributed by atoms with Crippen LogP contribution in [0.1, 0.15) is 10.4 Å². The molecule has 4 heteroatoms. The summed E-state index contributed by atoms with van der Waals surface area (Å²) in [5, 5.41) is 3.90. The lowest BCUT2D eigenvalue weighted by Crippen LogP contribution is -2.11. The molecule has 1 heterocycles. The molecule has 0 radical (unpaired) electrons. The van der Waals surface area contributed by atoms with Crippen molar-refractivity contribution in [3.8, 4) is 11.3 Å². The summed E-state index contributed by atoms with van der Waals surface area (Å²) < 4.78 is 12.9. The molecular weight excluding hydrogens is 327 g/mol. The van der Waals surface area contributed by atoms with E-state index in [0.29, 0.717) is 11.3 Å². The first-order valence-electron chi connectivity index (χ1n) is 8.22. The molecule has 0 aliphatic heterocycles. The number of benzene rings is 3. The van der Waals surface area contributed by atoms with Crippen molar-refractivity contribution in [2.75, 3.05) is 5.32 Å². The van der Waals surface area contributed by atoms with Gasteiger partial charge < -0.3 is 5.32 Å². The number of hydrogen-bond donors (Lipinski definition) is 1. The van der Waals surface area contributed by atoms with Crippen molar-refractivity contribution < 1.29 is 9.18 Å². The van der Waals surface area contributed by atoms with Crippen LogP contribution < -0.4 is 5.32 Å². The molecule has 126 valence electrons. The standard InChI is InChI=1S/C22H15FN2O/c23-18-10-5-17(6-11-18)22(26)24-19-12-7-16(8-13-19)21-14-9-15-3-1-2-4-20(15)25-21/h1-14H,(H,24,26). The zero-order valence-corrected chi connectivity index (χ0v) is 13.8. The Labute approximate surface area is 150 Å². The molecule has 0 unspecified atom stereocenters. The highest BCUT2D eigenvalue weighted by Crippen LogP contribution is 2.22. The second kappa shape index (κ2) is 6.76. The maximum Gasteiger partial charge on any atom is 0.255 e. The highest BCUT2D eigenvalue weighted by Gasteiger charge is 2.07. The molecule has 0 spiro atoms. The maximum absolute atomic E-state index is 12.9. The van der Waals surface area contributed by atoms with E-state index in [4.69, 9.17) is 0 Å². The number of anilines is 1. The van der Waals surface area contributed by atoms with Gasteiger partial charge in [-0.1, -0.05) is 36.4 Å². The minimum absolute atomic E-state index is 0.276. The van der Waals surface area contributed by atoms with Crippen LogP contribution in [0.25, 0.3) is 22.2 Å². The zero-order valence-electron chi connectivity index (χ0n) is 13.8. The van der Waals surface area contributed by atoms with Crippen LogP contribution in [-0.4, -0.2) is 10.9 Å². The molecule has 0 atom stereocenters. The smallest absolute Gasteiger partial charge is 0.255 e. The van der Waals surface area contributed by atoms with E-state index in [1.165, 1.54) is 24.3 Å². The third kappa shape index (κ3) is 3.30. The number of amides is 1. The van der Waals surface area contributed by atoms with E-state index >= 15 is 0 Å². The third-order valence-corrected chi connectivity index (χ3v) is 4.14. The van der Waals surface area contributed by atoms with E-state index in [0.717, 1.165) is 22.2 Å². The molecule has 0 aliphatic rings. The first-order valence-corrected chi connectivity index (χ1v) is 8.22. The second-order valence-electron chi connectivity index (χ2n) is 5.93. The highest BCUT2D eigenvalue weighted by molar-refractivity contribution is 6.04. The number of nitrogens with zero attached hydrogens (tertiary/aromatic N) is 1. The molecule has 1 N–H and O–H groups in total. The Morgan fingerprint density at radius 2 is 1.54 bits per heavy atom. The molecule has 4 aromatic rings. The lowest BCUT2D eigenvalue weighted by Gasteiger charge is -2.07. The van der Waals surface area contributed by atoms with Crippen LogP contribution in [0.5, 0.6) is 0 Å². The van der Waals surface area contributed by atoms with Crippen molar-refractivity contribution in [2.24, 2.45) is 0 Å². The Hall–Kier alpha value is -3.53. The summed E-state index contributed by atoms with van der Waals surface area (Å²) in [5.74, 6) is -0.643. The van der Waals surface area contributed by atoms with Gasteiger partial charge in [-0.15, -0.1) is 0 Å². The Morgan fingerprint density at radius 1 is 0.808 bits per heavy atom. The molecule has 1 amide bonds. The fourth-order valence-electron chi connectivity index (χ4n) is 2.76. The lowest BCUT2D eigenvalue weighted by atomic mass is 10.1. The Kier molecular flexibility index (Phi) is 4.15. The summed E-state index contributed by atoms with van der Waals surface area (Å²) in [5.41, 5.74) is 3.87. The third-order valence-electron chi connectivity index (χ3n) is 4.14. The van der Waals surface area contributed by atoms with Crippen molar-refractivity contribution in [1.29, 1.82) is 0 Å². The summed E-state index contributed by atoms with van der Waals surface area (Å²) in [6, 6.07) is 24.9. The van der Waals surface area contributed by atoms with Crippen LogP contribution in [0.3, 0.4) is 0 Å². The monoisotopic (exact) mass is 342 g/mol. The predicted octanol–water partition coefficient (Wildman–Crippen LogP) is 5.29. The SMILES string of the molecule is O=C(Nc1ccc(-c2ccc3ccccc3n2)cc1)c1ccc(F)cc1. The zero-order chi connectivity index (χ0) is 17.9. The van der Waals surface area contributed by atoms with E-state index in [1.54, 1.807) is 0 Å². The summed E-state index contributed by atoms with van der Waals surface area (Å²) in [4.78, 5) is 16.8. The van der Waals surface area contributed by atoms with Gasteiger partial charge in [0.15, 0.2) is 0 Å². The molecule has 0 aliphatic carbocycles. The Balaban J connectivity index is 1.54. The van der Waals surface area contributed by atoms with Gasteiger partial charge in [0.1, 0.15) is 5.82 Å². The van der Waals surface area contributed by atoms with Crippen LogP contribution in [-0.2, 0) is 0 Å². The van der Waals surface area contributed by atoms with E-state index in [-0.39, 0.29) is 11.7 Å². The van der Waals surface area contributed by atoms with E-state index in [9.17, 15) is 9.18 Å². The molecule has 1 aromatic heterocycles. The predicted molar refractivity (Wildman–Crippen MR) is 102 cm³/mol. The first kappa shape index (κ1) is 16.0. The van der Waals surface area contributed by atoms with Crippen LogP contribution in [0.15, 0.2) is 84.9 Å².